The lowest BCUT2D eigenvalue weighted by molar-refractivity contribution is -0.133. The fourth-order valence-corrected chi connectivity index (χ4v) is 2.89. The van der Waals surface area contributed by atoms with Crippen molar-refractivity contribution in [3.8, 4) is 17.2 Å². The first-order valence-electron chi connectivity index (χ1n) is 9.12. The van der Waals surface area contributed by atoms with Gasteiger partial charge in [-0.15, -0.1) is 0 Å². The lowest BCUT2D eigenvalue weighted by atomic mass is 10.1. The predicted octanol–water partition coefficient (Wildman–Crippen LogP) is 4.43. The third-order valence-electron chi connectivity index (χ3n) is 4.29. The number of ether oxygens (including phenoxy) is 2. The Bertz CT molecular complexity index is 899. The van der Waals surface area contributed by atoms with Gasteiger partial charge in [0.15, 0.2) is 0 Å². The van der Waals surface area contributed by atoms with Crippen molar-refractivity contribution >= 4 is 5.97 Å². The van der Waals surface area contributed by atoms with Gasteiger partial charge in [-0.1, -0.05) is 25.1 Å². The number of carbonyl (C=O) groups excluding carboxylic acids is 1. The Morgan fingerprint density at radius 1 is 1.00 bits per heavy atom. The molecule has 0 aliphatic heterocycles. The summed E-state index contributed by atoms with van der Waals surface area (Å²) in [5, 5.41) is 4.57. The first-order chi connectivity index (χ1) is 13.1. The van der Waals surface area contributed by atoms with Crippen molar-refractivity contribution in [2.75, 3.05) is 6.61 Å². The molecule has 0 N–H and O–H groups in total. The number of hydrogen-bond acceptors (Lipinski definition) is 4. The minimum Gasteiger partial charge on any atom is -0.494 e. The summed E-state index contributed by atoms with van der Waals surface area (Å²) in [6, 6.07) is 17.0. The molecular weight excluding hydrogens is 340 g/mol. The van der Waals surface area contributed by atoms with E-state index in [4.69, 9.17) is 9.47 Å². The highest BCUT2D eigenvalue weighted by atomic mass is 16.5. The Kier molecular flexibility index (Phi) is 5.91. The third kappa shape index (κ3) is 4.56. The summed E-state index contributed by atoms with van der Waals surface area (Å²) in [5.74, 6) is 0.970. The maximum atomic E-state index is 12.4. The Labute approximate surface area is 159 Å². The van der Waals surface area contributed by atoms with E-state index < -0.39 is 0 Å². The van der Waals surface area contributed by atoms with Crippen molar-refractivity contribution in [2.45, 2.75) is 33.6 Å². The van der Waals surface area contributed by atoms with Crippen LogP contribution in [0.4, 0.5) is 0 Å². The number of para-hydroxylation sites is 1. The van der Waals surface area contributed by atoms with Gasteiger partial charge in [0.2, 0.25) is 0 Å². The van der Waals surface area contributed by atoms with Gasteiger partial charge in [0, 0.05) is 11.3 Å². The van der Waals surface area contributed by atoms with E-state index in [1.54, 1.807) is 12.1 Å². The molecule has 1 aromatic heterocycles. The second kappa shape index (κ2) is 8.54. The van der Waals surface area contributed by atoms with E-state index in [0.29, 0.717) is 12.4 Å². The van der Waals surface area contributed by atoms with Crippen molar-refractivity contribution in [2.24, 2.45) is 0 Å². The average molecular weight is 364 g/mol. The standard InChI is InChI=1S/C22H24N2O3/c1-4-14-26-19-10-12-20(13-11-19)27-22(25)15-21-16(2)23-24(17(21)3)18-8-6-5-7-9-18/h5-13H,4,14-15H2,1-3H3. The Balaban J connectivity index is 1.68. The van der Waals surface area contributed by atoms with Gasteiger partial charge in [-0.25, -0.2) is 4.68 Å². The molecule has 0 unspecified atom stereocenters. The summed E-state index contributed by atoms with van der Waals surface area (Å²) in [6.45, 7) is 6.60. The zero-order valence-corrected chi connectivity index (χ0v) is 15.9. The van der Waals surface area contributed by atoms with Crippen LogP contribution in [0.2, 0.25) is 0 Å². The Morgan fingerprint density at radius 2 is 1.67 bits per heavy atom. The molecule has 0 radical (unpaired) electrons. The third-order valence-corrected chi connectivity index (χ3v) is 4.29. The molecule has 0 aliphatic carbocycles. The van der Waals surface area contributed by atoms with Gasteiger partial charge < -0.3 is 9.47 Å². The van der Waals surface area contributed by atoms with Gasteiger partial charge in [0.05, 0.1) is 24.4 Å². The number of aromatic nitrogens is 2. The monoisotopic (exact) mass is 364 g/mol. The maximum absolute atomic E-state index is 12.4. The molecule has 0 saturated heterocycles. The van der Waals surface area contributed by atoms with Crippen molar-refractivity contribution in [1.82, 2.24) is 9.78 Å². The van der Waals surface area contributed by atoms with Crippen LogP contribution in [0, 0.1) is 13.8 Å². The minimum absolute atomic E-state index is 0.179. The summed E-state index contributed by atoms with van der Waals surface area (Å²) in [7, 11) is 0. The van der Waals surface area contributed by atoms with Crippen molar-refractivity contribution in [3.63, 3.8) is 0 Å². The van der Waals surface area contributed by atoms with Gasteiger partial charge >= 0.3 is 5.97 Å². The maximum Gasteiger partial charge on any atom is 0.315 e. The zero-order valence-electron chi connectivity index (χ0n) is 15.9. The molecule has 27 heavy (non-hydrogen) atoms. The molecule has 2 aromatic carbocycles. The second-order valence-corrected chi connectivity index (χ2v) is 6.37. The van der Waals surface area contributed by atoms with E-state index in [2.05, 4.69) is 12.0 Å². The number of aryl methyl sites for hydroxylation is 1. The molecule has 0 saturated carbocycles. The van der Waals surface area contributed by atoms with Crippen molar-refractivity contribution in [3.05, 3.63) is 71.5 Å². The van der Waals surface area contributed by atoms with Crippen LogP contribution >= 0.6 is 0 Å². The fourth-order valence-electron chi connectivity index (χ4n) is 2.89. The van der Waals surface area contributed by atoms with Crippen molar-refractivity contribution < 1.29 is 14.3 Å². The summed E-state index contributed by atoms with van der Waals surface area (Å²) < 4.78 is 12.9. The van der Waals surface area contributed by atoms with Crippen LogP contribution in [-0.2, 0) is 11.2 Å². The molecule has 0 amide bonds. The zero-order chi connectivity index (χ0) is 19.2. The van der Waals surface area contributed by atoms with Gasteiger partial charge in [-0.3, -0.25) is 4.79 Å². The van der Waals surface area contributed by atoms with Crippen LogP contribution in [0.3, 0.4) is 0 Å². The summed E-state index contributed by atoms with van der Waals surface area (Å²) in [6.07, 6.45) is 1.13. The number of nitrogens with zero attached hydrogens (tertiary/aromatic N) is 2. The second-order valence-electron chi connectivity index (χ2n) is 6.37. The van der Waals surface area contributed by atoms with Gasteiger partial charge in [0.1, 0.15) is 11.5 Å². The van der Waals surface area contributed by atoms with E-state index in [-0.39, 0.29) is 12.4 Å². The number of esters is 1. The topological polar surface area (TPSA) is 53.4 Å². The molecule has 140 valence electrons. The molecule has 3 aromatic rings. The highest BCUT2D eigenvalue weighted by Gasteiger charge is 2.17. The molecule has 0 bridgehead atoms. The van der Waals surface area contributed by atoms with Crippen LogP contribution in [0.25, 0.3) is 5.69 Å². The Hall–Kier alpha value is -3.08. The molecule has 0 fully saturated rings. The molecule has 0 aliphatic rings. The lowest BCUT2D eigenvalue weighted by Crippen LogP contribution is -2.12. The number of hydrogen-bond donors (Lipinski definition) is 0. The molecule has 0 spiro atoms. The normalized spacial score (nSPS) is 10.6. The fraction of sp³-hybridized carbons (Fsp3) is 0.273. The SMILES string of the molecule is CCCOc1ccc(OC(=O)Cc2c(C)nn(-c3ccccc3)c2C)cc1. The molecule has 5 heteroatoms. The smallest absolute Gasteiger partial charge is 0.315 e. The van der Waals surface area contributed by atoms with E-state index in [9.17, 15) is 4.79 Å². The molecule has 3 rings (SSSR count). The van der Waals surface area contributed by atoms with E-state index in [1.165, 1.54) is 0 Å². The van der Waals surface area contributed by atoms with Gasteiger partial charge in [-0.05, 0) is 56.7 Å². The van der Waals surface area contributed by atoms with Crippen LogP contribution in [-0.4, -0.2) is 22.4 Å². The Morgan fingerprint density at radius 3 is 2.33 bits per heavy atom. The van der Waals surface area contributed by atoms with Gasteiger partial charge in [-0.2, -0.15) is 5.10 Å². The first-order valence-corrected chi connectivity index (χ1v) is 9.12. The summed E-state index contributed by atoms with van der Waals surface area (Å²) in [5.41, 5.74) is 3.64. The van der Waals surface area contributed by atoms with Crippen LogP contribution in [0.1, 0.15) is 30.3 Å². The lowest BCUT2D eigenvalue weighted by Gasteiger charge is -2.08. The van der Waals surface area contributed by atoms with E-state index in [0.717, 1.165) is 34.8 Å². The number of benzene rings is 2. The highest BCUT2D eigenvalue weighted by molar-refractivity contribution is 5.76. The quantitative estimate of drug-likeness (QED) is 0.460. The van der Waals surface area contributed by atoms with Crippen molar-refractivity contribution in [1.29, 1.82) is 0 Å². The molecular formula is C22H24N2O3. The molecule has 5 nitrogen and oxygen atoms in total. The van der Waals surface area contributed by atoms with E-state index >= 15 is 0 Å². The predicted molar refractivity (Wildman–Crippen MR) is 105 cm³/mol. The molecule has 1 heterocycles. The van der Waals surface area contributed by atoms with Crippen LogP contribution in [0.15, 0.2) is 54.6 Å². The first kappa shape index (κ1) is 18.7. The van der Waals surface area contributed by atoms with E-state index in [1.807, 2.05) is 61.0 Å². The number of carbonyl (C=O) groups is 1. The average Bonchev–Trinajstić information content (AvgIpc) is 2.96. The highest BCUT2D eigenvalue weighted by Crippen LogP contribution is 2.21. The summed E-state index contributed by atoms with van der Waals surface area (Å²) >= 11 is 0. The van der Waals surface area contributed by atoms with Crippen LogP contribution < -0.4 is 9.47 Å². The largest absolute Gasteiger partial charge is 0.494 e. The summed E-state index contributed by atoms with van der Waals surface area (Å²) in [4.78, 5) is 12.4. The van der Waals surface area contributed by atoms with Crippen LogP contribution in [0.5, 0.6) is 11.5 Å². The number of rotatable bonds is 7. The molecule has 0 atom stereocenters. The minimum atomic E-state index is -0.309. The van der Waals surface area contributed by atoms with Gasteiger partial charge in [0.25, 0.3) is 0 Å².